The summed E-state index contributed by atoms with van der Waals surface area (Å²) in [4.78, 5) is 44.1. The van der Waals surface area contributed by atoms with Gasteiger partial charge in [-0.2, -0.15) is 0 Å². The average Bonchev–Trinajstić information content (AvgIpc) is 3.18. The van der Waals surface area contributed by atoms with E-state index in [1.54, 1.807) is 30.7 Å². The third-order valence-corrected chi connectivity index (χ3v) is 8.61. The van der Waals surface area contributed by atoms with Crippen molar-refractivity contribution in [2.24, 2.45) is 38.1 Å². The van der Waals surface area contributed by atoms with Crippen LogP contribution in [0, 0.1) is 17.3 Å². The van der Waals surface area contributed by atoms with Crippen LogP contribution in [-0.4, -0.2) is 84.4 Å². The maximum Gasteiger partial charge on any atom is 0.230 e. The lowest BCUT2D eigenvalue weighted by atomic mass is 9.87. The second-order valence-corrected chi connectivity index (χ2v) is 9.99. The van der Waals surface area contributed by atoms with Gasteiger partial charge >= 0.3 is 0 Å². The third-order valence-electron chi connectivity index (χ3n) is 8.61. The maximum absolute atomic E-state index is 13.2. The van der Waals surface area contributed by atoms with Gasteiger partial charge in [-0.3, -0.25) is 14.5 Å². The highest BCUT2D eigenvalue weighted by atomic mass is 16.5. The summed E-state index contributed by atoms with van der Waals surface area (Å²) in [6, 6.07) is -0.325. The van der Waals surface area contributed by atoms with Crippen molar-refractivity contribution < 1.29 is 14.3 Å². The number of ketones is 1. The van der Waals surface area contributed by atoms with Crippen molar-refractivity contribution in [2.45, 2.75) is 38.9 Å². The van der Waals surface area contributed by atoms with Gasteiger partial charge in [-0.05, 0) is 19.9 Å². The number of ether oxygens (including phenoxy) is 1. The third kappa shape index (κ3) is 3.36. The predicted molar refractivity (Wildman–Crippen MR) is 137 cm³/mol. The van der Waals surface area contributed by atoms with Crippen molar-refractivity contribution in [3.63, 3.8) is 0 Å². The van der Waals surface area contributed by atoms with Crippen LogP contribution in [0.5, 0.6) is 0 Å². The lowest BCUT2D eigenvalue weighted by Crippen LogP contribution is -2.55. The molecule has 0 bridgehead atoms. The first kappa shape index (κ1) is 24.4. The smallest absolute Gasteiger partial charge is 0.230 e. The number of nitrogens with zero attached hydrogens (tertiary/aromatic N) is 5. The van der Waals surface area contributed by atoms with Crippen LogP contribution in [0.25, 0.3) is 0 Å². The van der Waals surface area contributed by atoms with Crippen LogP contribution >= 0.6 is 0 Å². The van der Waals surface area contributed by atoms with E-state index in [4.69, 9.17) is 15.6 Å². The van der Waals surface area contributed by atoms with E-state index < -0.39 is 0 Å². The molecule has 192 valence electrons. The van der Waals surface area contributed by atoms with Gasteiger partial charge in [-0.15, -0.1) is 0 Å². The highest BCUT2D eigenvalue weighted by molar-refractivity contribution is 6.09. The molecule has 0 aromatic rings. The van der Waals surface area contributed by atoms with Crippen molar-refractivity contribution in [2.75, 3.05) is 33.3 Å². The standard InChI is InChI=1S/C25H34N8O3/c1-5-6-19-24(3)15(2)25(24,30-14-29-19)33-9-7-32(8-10-33)20(35)11-17(34)16-12-27-22-21(16)18(36-4)13-28-23(22)31-26/h5-6,12-15,21-22,27H,7-11,26H2,1-4H3,(H,28,31)/b6-5-/t15-,21?,22?,24+,25-/m1/s1. The van der Waals surface area contributed by atoms with E-state index in [1.165, 1.54) is 0 Å². The summed E-state index contributed by atoms with van der Waals surface area (Å²) >= 11 is 0. The molecule has 5 rings (SSSR count). The first-order chi connectivity index (χ1) is 17.3. The molecule has 5 aliphatic rings. The molecule has 4 aliphatic heterocycles. The van der Waals surface area contributed by atoms with E-state index in [0.29, 0.717) is 49.3 Å². The SMILES string of the molecule is C/C=C\C1=NC=N[C@@]2(N3CCN(C(=O)CC(=O)C4=CNC5C(NN)=NC=C(OC)C45)CC3)[C@H](C)[C@@]12C. The Labute approximate surface area is 210 Å². The molecule has 0 spiro atoms. The average molecular weight is 495 g/mol. The summed E-state index contributed by atoms with van der Waals surface area (Å²) < 4.78 is 5.45. The van der Waals surface area contributed by atoms with Crippen molar-refractivity contribution in [1.29, 1.82) is 0 Å². The minimum absolute atomic E-state index is 0.137. The fourth-order valence-corrected chi connectivity index (χ4v) is 6.42. The van der Waals surface area contributed by atoms with E-state index in [9.17, 15) is 9.59 Å². The number of amidine groups is 1. The fourth-order valence-electron chi connectivity index (χ4n) is 6.42. The molecule has 2 fully saturated rings. The molecule has 1 saturated carbocycles. The van der Waals surface area contributed by atoms with E-state index in [1.807, 2.05) is 13.0 Å². The van der Waals surface area contributed by atoms with Gasteiger partial charge in [-0.1, -0.05) is 13.0 Å². The van der Waals surface area contributed by atoms with Gasteiger partial charge in [-0.25, -0.2) is 20.8 Å². The van der Waals surface area contributed by atoms with Gasteiger partial charge in [0.15, 0.2) is 5.78 Å². The minimum atomic E-state index is -0.374. The van der Waals surface area contributed by atoms with Crippen LogP contribution < -0.4 is 16.6 Å². The number of hydrogen-bond acceptors (Lipinski definition) is 10. The Morgan fingerprint density at radius 1 is 1.31 bits per heavy atom. The van der Waals surface area contributed by atoms with Crippen LogP contribution in [-0.2, 0) is 14.3 Å². The molecule has 0 aromatic heterocycles. The van der Waals surface area contributed by atoms with Crippen LogP contribution in [0.2, 0.25) is 0 Å². The quantitative estimate of drug-likeness (QED) is 0.275. The summed E-state index contributed by atoms with van der Waals surface area (Å²) in [5.41, 5.74) is 3.67. The Hall–Kier alpha value is -3.31. The van der Waals surface area contributed by atoms with Crippen LogP contribution in [0.15, 0.2) is 50.9 Å². The Balaban J connectivity index is 1.21. The molecule has 5 atom stereocenters. The van der Waals surface area contributed by atoms with Gasteiger partial charge in [0.05, 0.1) is 42.8 Å². The highest BCUT2D eigenvalue weighted by Crippen LogP contribution is 2.67. The molecular weight excluding hydrogens is 460 g/mol. The summed E-state index contributed by atoms with van der Waals surface area (Å²) in [7, 11) is 1.54. The summed E-state index contributed by atoms with van der Waals surface area (Å²) in [6.07, 6.45) is 8.78. The van der Waals surface area contributed by atoms with E-state index in [0.717, 1.165) is 5.71 Å². The number of carbonyl (C=O) groups is 2. The molecule has 0 radical (unpaired) electrons. The zero-order chi connectivity index (χ0) is 25.7. The zero-order valence-electron chi connectivity index (χ0n) is 21.2. The number of piperazine rings is 1. The normalized spacial score (nSPS) is 35.1. The largest absolute Gasteiger partial charge is 0.499 e. The number of aliphatic imine (C=N–C) groups is 3. The number of hydrogen-bond donors (Lipinski definition) is 3. The first-order valence-electron chi connectivity index (χ1n) is 12.4. The number of hydrazine groups is 1. The zero-order valence-corrected chi connectivity index (χ0v) is 21.2. The van der Waals surface area contributed by atoms with Crippen molar-refractivity contribution >= 4 is 29.6 Å². The summed E-state index contributed by atoms with van der Waals surface area (Å²) in [5, 5.41) is 3.14. The lowest BCUT2D eigenvalue weighted by Gasteiger charge is -2.40. The molecule has 2 unspecified atom stereocenters. The van der Waals surface area contributed by atoms with Gasteiger partial charge in [0.25, 0.3) is 0 Å². The number of carbonyl (C=O) groups excluding carboxylic acids is 2. The van der Waals surface area contributed by atoms with Crippen LogP contribution in [0.4, 0.5) is 0 Å². The molecule has 1 amide bonds. The second-order valence-electron chi connectivity index (χ2n) is 9.99. The lowest BCUT2D eigenvalue weighted by molar-refractivity contribution is -0.136. The van der Waals surface area contributed by atoms with Crippen molar-refractivity contribution in [1.82, 2.24) is 20.5 Å². The van der Waals surface area contributed by atoms with Gasteiger partial charge in [0.2, 0.25) is 5.91 Å². The topological polar surface area (TPSA) is 137 Å². The monoisotopic (exact) mass is 494 g/mol. The molecule has 1 aliphatic carbocycles. The number of fused-ring (bicyclic) bond motifs is 2. The predicted octanol–water partition coefficient (Wildman–Crippen LogP) is 0.336. The van der Waals surface area contributed by atoms with Gasteiger partial charge in [0, 0.05) is 43.9 Å². The van der Waals surface area contributed by atoms with Crippen LogP contribution in [0.1, 0.15) is 27.2 Å². The van der Waals surface area contributed by atoms with Gasteiger partial charge in [0.1, 0.15) is 23.6 Å². The number of nitrogens with two attached hydrogens (primary N) is 1. The molecule has 11 heteroatoms. The van der Waals surface area contributed by atoms with E-state index >= 15 is 0 Å². The Bertz CT molecular complexity index is 1150. The second kappa shape index (κ2) is 8.97. The summed E-state index contributed by atoms with van der Waals surface area (Å²) in [5.74, 6) is 6.20. The molecule has 36 heavy (non-hydrogen) atoms. The summed E-state index contributed by atoms with van der Waals surface area (Å²) in [6.45, 7) is 8.97. The molecule has 1 saturated heterocycles. The fraction of sp³-hybridized carbons (Fsp3) is 0.560. The molecular formula is C25H34N8O3. The highest BCUT2D eigenvalue weighted by Gasteiger charge is 2.77. The Kier molecular flexibility index (Phi) is 6.08. The molecule has 0 aromatic carbocycles. The van der Waals surface area contributed by atoms with Crippen molar-refractivity contribution in [3.8, 4) is 0 Å². The molecule has 4 N–H and O–H groups in total. The van der Waals surface area contributed by atoms with Crippen LogP contribution in [0.3, 0.4) is 0 Å². The minimum Gasteiger partial charge on any atom is -0.499 e. The van der Waals surface area contributed by atoms with Crippen molar-refractivity contribution in [3.05, 3.63) is 35.9 Å². The molecule has 4 heterocycles. The maximum atomic E-state index is 13.2. The number of methoxy groups -OCH3 is 1. The number of Topliss-reactive ketones (excluding diaryl/α,β-unsaturated/α-hetero) is 1. The van der Waals surface area contributed by atoms with E-state index in [-0.39, 0.29) is 41.1 Å². The number of allylic oxidation sites excluding steroid dienone is 2. The first-order valence-corrected chi connectivity index (χ1v) is 12.4. The number of nitrogens with one attached hydrogen (secondary N) is 2. The Morgan fingerprint density at radius 2 is 2.06 bits per heavy atom. The molecule has 11 nitrogen and oxygen atoms in total. The Morgan fingerprint density at radius 3 is 2.72 bits per heavy atom. The number of amides is 1. The number of rotatable bonds is 6. The van der Waals surface area contributed by atoms with Gasteiger partial charge < -0.3 is 20.4 Å². The van der Waals surface area contributed by atoms with E-state index in [2.05, 4.69) is 45.6 Å².